The highest BCUT2D eigenvalue weighted by Crippen LogP contribution is 2.29. The summed E-state index contributed by atoms with van der Waals surface area (Å²) in [6.45, 7) is 6.64. The maximum Gasteiger partial charge on any atom is 0.410 e. The molecule has 0 N–H and O–H groups in total. The summed E-state index contributed by atoms with van der Waals surface area (Å²) in [5.41, 5.74) is 1.03. The number of piperidine rings is 1. The van der Waals surface area contributed by atoms with Crippen LogP contribution in [0.5, 0.6) is 0 Å². The van der Waals surface area contributed by atoms with Gasteiger partial charge in [0.05, 0.1) is 25.3 Å². The van der Waals surface area contributed by atoms with Gasteiger partial charge in [0.25, 0.3) is 0 Å². The van der Waals surface area contributed by atoms with Crippen molar-refractivity contribution in [2.45, 2.75) is 44.8 Å². The minimum absolute atomic E-state index is 0.0495. The molecule has 1 aromatic rings. The van der Waals surface area contributed by atoms with Crippen LogP contribution in [-0.4, -0.2) is 56.0 Å². The quantitative estimate of drug-likeness (QED) is 0.784. The largest absolute Gasteiger partial charge is 0.465 e. The molecule has 1 aliphatic rings. The van der Waals surface area contributed by atoms with Crippen LogP contribution in [-0.2, 0) is 14.2 Å². The Morgan fingerprint density at radius 1 is 1.08 bits per heavy atom. The lowest BCUT2D eigenvalue weighted by molar-refractivity contribution is -0.0110. The van der Waals surface area contributed by atoms with Crippen LogP contribution in [0.4, 0.5) is 4.79 Å². The summed E-state index contributed by atoms with van der Waals surface area (Å²) >= 11 is 0. The fraction of sp³-hybridized carbons (Fsp3) is 0.579. The van der Waals surface area contributed by atoms with Gasteiger partial charge in [-0.1, -0.05) is 12.1 Å². The molecule has 25 heavy (non-hydrogen) atoms. The average molecular weight is 349 g/mol. The SMILES string of the molecule is COC(=O)c1ccc([C@@H]2CC(OC)CN(C(=O)OC(C)(C)C)C2)cc1. The number of ether oxygens (including phenoxy) is 3. The minimum atomic E-state index is -0.533. The third kappa shape index (κ3) is 5.19. The number of nitrogens with zero attached hydrogens (tertiary/aromatic N) is 1. The molecular weight excluding hydrogens is 322 g/mol. The molecule has 2 rings (SSSR count). The molecule has 0 aromatic heterocycles. The molecule has 1 amide bonds. The number of methoxy groups -OCH3 is 2. The molecule has 1 aliphatic heterocycles. The Balaban J connectivity index is 2.14. The van der Waals surface area contributed by atoms with E-state index in [9.17, 15) is 9.59 Å². The molecule has 1 heterocycles. The first-order chi connectivity index (χ1) is 11.7. The van der Waals surface area contributed by atoms with Crippen molar-refractivity contribution in [3.8, 4) is 0 Å². The number of carbonyl (C=O) groups excluding carboxylic acids is 2. The molecule has 1 aromatic carbocycles. The summed E-state index contributed by atoms with van der Waals surface area (Å²) in [7, 11) is 3.01. The van der Waals surface area contributed by atoms with E-state index in [0.717, 1.165) is 12.0 Å². The molecule has 1 saturated heterocycles. The zero-order valence-corrected chi connectivity index (χ0v) is 15.6. The van der Waals surface area contributed by atoms with E-state index in [1.807, 2.05) is 32.9 Å². The Kier molecular flexibility index (Phi) is 6.06. The second kappa shape index (κ2) is 7.87. The van der Waals surface area contributed by atoms with Gasteiger partial charge in [-0.15, -0.1) is 0 Å². The van der Waals surface area contributed by atoms with Gasteiger partial charge in [-0.05, 0) is 44.9 Å². The first-order valence-corrected chi connectivity index (χ1v) is 8.42. The van der Waals surface area contributed by atoms with Gasteiger partial charge in [0.1, 0.15) is 5.60 Å². The van der Waals surface area contributed by atoms with E-state index >= 15 is 0 Å². The fourth-order valence-corrected chi connectivity index (χ4v) is 2.95. The fourth-order valence-electron chi connectivity index (χ4n) is 2.95. The standard InChI is InChI=1S/C19H27NO5/c1-19(2,3)25-18(22)20-11-15(10-16(12-20)23-4)13-6-8-14(9-7-13)17(21)24-5/h6-9,15-16H,10-12H2,1-5H3/t15-,16?/m1/s1. The van der Waals surface area contributed by atoms with E-state index in [0.29, 0.717) is 18.7 Å². The first-order valence-electron chi connectivity index (χ1n) is 8.42. The van der Waals surface area contributed by atoms with Gasteiger partial charge >= 0.3 is 12.1 Å². The van der Waals surface area contributed by atoms with Crippen LogP contribution in [0.25, 0.3) is 0 Å². The highest BCUT2D eigenvalue weighted by atomic mass is 16.6. The van der Waals surface area contributed by atoms with E-state index < -0.39 is 5.60 Å². The molecule has 138 valence electrons. The summed E-state index contributed by atoms with van der Waals surface area (Å²) in [5, 5.41) is 0. The van der Waals surface area contributed by atoms with Gasteiger partial charge in [0, 0.05) is 19.6 Å². The molecule has 1 unspecified atom stereocenters. The van der Waals surface area contributed by atoms with Crippen LogP contribution in [0.15, 0.2) is 24.3 Å². The van der Waals surface area contributed by atoms with Crippen LogP contribution in [0.2, 0.25) is 0 Å². The summed E-state index contributed by atoms with van der Waals surface area (Å²) in [5.74, 6) is -0.238. The van der Waals surface area contributed by atoms with Gasteiger partial charge < -0.3 is 19.1 Å². The number of esters is 1. The number of benzene rings is 1. The van der Waals surface area contributed by atoms with Crippen LogP contribution in [0.1, 0.15) is 49.0 Å². The highest BCUT2D eigenvalue weighted by Gasteiger charge is 2.33. The zero-order valence-electron chi connectivity index (χ0n) is 15.6. The number of likely N-dealkylation sites (tertiary alicyclic amines) is 1. The van der Waals surface area contributed by atoms with E-state index in [4.69, 9.17) is 14.2 Å². The number of rotatable bonds is 3. The Labute approximate surface area is 149 Å². The summed E-state index contributed by atoms with van der Waals surface area (Å²) < 4.78 is 15.7. The Bertz CT molecular complexity index is 605. The van der Waals surface area contributed by atoms with Crippen molar-refractivity contribution in [3.63, 3.8) is 0 Å². The van der Waals surface area contributed by atoms with Gasteiger partial charge in [0.15, 0.2) is 0 Å². The topological polar surface area (TPSA) is 65.1 Å². The lowest BCUT2D eigenvalue weighted by Gasteiger charge is -2.38. The van der Waals surface area contributed by atoms with Crippen molar-refractivity contribution in [3.05, 3.63) is 35.4 Å². The van der Waals surface area contributed by atoms with Crippen molar-refractivity contribution >= 4 is 12.1 Å². The monoisotopic (exact) mass is 349 g/mol. The first kappa shape index (κ1) is 19.2. The molecule has 0 radical (unpaired) electrons. The minimum Gasteiger partial charge on any atom is -0.465 e. The molecule has 2 atom stereocenters. The Morgan fingerprint density at radius 3 is 2.24 bits per heavy atom. The molecule has 0 spiro atoms. The molecule has 0 saturated carbocycles. The normalized spacial score (nSPS) is 20.9. The van der Waals surface area contributed by atoms with E-state index in [2.05, 4.69) is 0 Å². The molecular formula is C19H27NO5. The van der Waals surface area contributed by atoms with Crippen molar-refractivity contribution in [2.24, 2.45) is 0 Å². The number of carbonyl (C=O) groups is 2. The van der Waals surface area contributed by atoms with Crippen LogP contribution < -0.4 is 0 Å². The van der Waals surface area contributed by atoms with Gasteiger partial charge in [-0.3, -0.25) is 0 Å². The molecule has 1 fully saturated rings. The highest BCUT2D eigenvalue weighted by molar-refractivity contribution is 5.89. The summed E-state index contributed by atoms with van der Waals surface area (Å²) in [4.78, 5) is 25.7. The van der Waals surface area contributed by atoms with Crippen molar-refractivity contribution in [1.82, 2.24) is 4.90 Å². The summed E-state index contributed by atoms with van der Waals surface area (Å²) in [6.07, 6.45) is 0.435. The van der Waals surface area contributed by atoms with Crippen molar-refractivity contribution in [1.29, 1.82) is 0 Å². The third-order valence-electron chi connectivity index (χ3n) is 4.20. The molecule has 6 heteroatoms. The molecule has 6 nitrogen and oxygen atoms in total. The maximum atomic E-state index is 12.4. The Hall–Kier alpha value is -2.08. The lowest BCUT2D eigenvalue weighted by atomic mass is 9.89. The lowest BCUT2D eigenvalue weighted by Crippen LogP contribution is -2.47. The van der Waals surface area contributed by atoms with Gasteiger partial charge in [0.2, 0.25) is 0 Å². The second-order valence-electron chi connectivity index (χ2n) is 7.29. The van der Waals surface area contributed by atoms with E-state index in [-0.39, 0.29) is 24.1 Å². The predicted octanol–water partition coefficient (Wildman–Crippen LogP) is 3.21. The molecule has 0 bridgehead atoms. The smallest absolute Gasteiger partial charge is 0.410 e. The van der Waals surface area contributed by atoms with E-state index in [1.165, 1.54) is 7.11 Å². The third-order valence-corrected chi connectivity index (χ3v) is 4.20. The van der Waals surface area contributed by atoms with Crippen LogP contribution in [0.3, 0.4) is 0 Å². The van der Waals surface area contributed by atoms with Gasteiger partial charge in [-0.25, -0.2) is 9.59 Å². The number of hydrogen-bond donors (Lipinski definition) is 0. The number of hydrogen-bond acceptors (Lipinski definition) is 5. The van der Waals surface area contributed by atoms with E-state index in [1.54, 1.807) is 24.1 Å². The van der Waals surface area contributed by atoms with Crippen molar-refractivity contribution < 1.29 is 23.8 Å². The van der Waals surface area contributed by atoms with Crippen LogP contribution in [0, 0.1) is 0 Å². The predicted molar refractivity (Wildman–Crippen MR) is 93.7 cm³/mol. The maximum absolute atomic E-state index is 12.4. The van der Waals surface area contributed by atoms with Gasteiger partial charge in [-0.2, -0.15) is 0 Å². The number of amides is 1. The molecule has 0 aliphatic carbocycles. The van der Waals surface area contributed by atoms with Crippen molar-refractivity contribution in [2.75, 3.05) is 27.3 Å². The average Bonchev–Trinajstić information content (AvgIpc) is 2.59. The Morgan fingerprint density at radius 2 is 1.72 bits per heavy atom. The summed E-state index contributed by atoms with van der Waals surface area (Å²) in [6, 6.07) is 7.30. The van der Waals surface area contributed by atoms with Crippen LogP contribution >= 0.6 is 0 Å². The second-order valence-corrected chi connectivity index (χ2v) is 7.29. The zero-order chi connectivity index (χ0) is 18.6.